The first-order chi connectivity index (χ1) is 11.4. The summed E-state index contributed by atoms with van der Waals surface area (Å²) in [6, 6.07) is 0. The molecule has 0 amide bonds. The molecule has 5 unspecified atom stereocenters. The summed E-state index contributed by atoms with van der Waals surface area (Å²) in [7, 11) is 0. The fraction of sp³-hybridized carbons (Fsp3) is 0.773. The van der Waals surface area contributed by atoms with Crippen molar-refractivity contribution in [3.05, 3.63) is 23.8 Å². The van der Waals surface area contributed by atoms with Crippen molar-refractivity contribution in [2.24, 2.45) is 40.4 Å². The van der Waals surface area contributed by atoms with Crippen LogP contribution >= 0.6 is 0 Å². The van der Waals surface area contributed by atoms with Crippen LogP contribution in [0.25, 0.3) is 0 Å². The SMILES string of the molecule is CC(CO)[C@H]1CCC2C3C=CC4=CC(=O)CCC4(C)C3CC[C@@]21C. The second-order valence-corrected chi connectivity index (χ2v) is 9.52. The normalized spacial score (nSPS) is 48.3. The molecule has 0 spiro atoms. The van der Waals surface area contributed by atoms with Gasteiger partial charge in [0.25, 0.3) is 0 Å². The van der Waals surface area contributed by atoms with Crippen LogP contribution in [0.3, 0.4) is 0 Å². The van der Waals surface area contributed by atoms with Crippen molar-refractivity contribution in [1.29, 1.82) is 0 Å². The zero-order valence-corrected chi connectivity index (χ0v) is 15.4. The molecule has 2 heteroatoms. The number of carbonyl (C=O) groups excluding carboxylic acids is 1. The minimum atomic E-state index is 0.204. The molecule has 24 heavy (non-hydrogen) atoms. The van der Waals surface area contributed by atoms with E-state index in [4.69, 9.17) is 0 Å². The standard InChI is InChI=1S/C22H32O2/c1-14(13-23)18-6-7-19-17-5-4-15-12-16(24)8-10-21(15,2)20(17)9-11-22(18,19)3/h4-5,12,14,17-20,23H,6-11,13H2,1-3H3/t14?,17?,18-,19?,20?,21?,22-/m1/s1. The predicted octanol–water partition coefficient (Wildman–Crippen LogP) is 4.54. The molecule has 2 saturated carbocycles. The van der Waals surface area contributed by atoms with Gasteiger partial charge in [0.15, 0.2) is 5.78 Å². The molecule has 7 atom stereocenters. The van der Waals surface area contributed by atoms with Crippen molar-refractivity contribution < 1.29 is 9.90 Å². The zero-order chi connectivity index (χ0) is 17.1. The minimum Gasteiger partial charge on any atom is -0.396 e. The van der Waals surface area contributed by atoms with Crippen molar-refractivity contribution >= 4 is 5.78 Å². The van der Waals surface area contributed by atoms with Crippen molar-refractivity contribution in [1.82, 2.24) is 0 Å². The third-order valence-electron chi connectivity index (χ3n) is 8.56. The van der Waals surface area contributed by atoms with E-state index in [1.165, 1.54) is 31.3 Å². The Morgan fingerprint density at radius 3 is 2.75 bits per heavy atom. The van der Waals surface area contributed by atoms with Gasteiger partial charge in [-0.1, -0.05) is 32.9 Å². The summed E-state index contributed by atoms with van der Waals surface area (Å²) >= 11 is 0. The smallest absolute Gasteiger partial charge is 0.156 e. The van der Waals surface area contributed by atoms with E-state index in [-0.39, 0.29) is 5.41 Å². The minimum absolute atomic E-state index is 0.204. The van der Waals surface area contributed by atoms with Gasteiger partial charge >= 0.3 is 0 Å². The number of carbonyl (C=O) groups is 1. The molecule has 2 fully saturated rings. The van der Waals surface area contributed by atoms with E-state index in [2.05, 4.69) is 32.9 Å². The molecule has 1 N–H and O–H groups in total. The van der Waals surface area contributed by atoms with Gasteiger partial charge in [0, 0.05) is 13.0 Å². The number of aliphatic hydroxyl groups excluding tert-OH is 1. The predicted molar refractivity (Wildman–Crippen MR) is 96.4 cm³/mol. The first-order valence-corrected chi connectivity index (χ1v) is 9.94. The average Bonchev–Trinajstić information content (AvgIpc) is 2.92. The molecule has 132 valence electrons. The summed E-state index contributed by atoms with van der Waals surface area (Å²) in [5, 5.41) is 9.70. The van der Waals surface area contributed by atoms with Gasteiger partial charge in [0.05, 0.1) is 0 Å². The van der Waals surface area contributed by atoms with Crippen LogP contribution < -0.4 is 0 Å². The van der Waals surface area contributed by atoms with E-state index in [9.17, 15) is 9.90 Å². The number of aliphatic hydroxyl groups is 1. The molecule has 4 aliphatic rings. The molecular weight excluding hydrogens is 296 g/mol. The molecule has 0 aliphatic heterocycles. The lowest BCUT2D eigenvalue weighted by Crippen LogP contribution is -2.49. The van der Waals surface area contributed by atoms with E-state index in [1.54, 1.807) is 0 Å². The fourth-order valence-corrected chi connectivity index (χ4v) is 7.10. The monoisotopic (exact) mass is 328 g/mol. The van der Waals surface area contributed by atoms with Gasteiger partial charge in [-0.05, 0) is 84.2 Å². The molecule has 2 nitrogen and oxygen atoms in total. The van der Waals surface area contributed by atoms with Gasteiger partial charge in [-0.3, -0.25) is 4.79 Å². The van der Waals surface area contributed by atoms with E-state index < -0.39 is 0 Å². The lowest BCUT2D eigenvalue weighted by Gasteiger charge is -2.56. The third-order valence-corrected chi connectivity index (χ3v) is 8.56. The number of hydrogen-bond acceptors (Lipinski definition) is 2. The molecule has 0 aromatic carbocycles. The summed E-state index contributed by atoms with van der Waals surface area (Å²) in [6.45, 7) is 7.47. The summed E-state index contributed by atoms with van der Waals surface area (Å²) < 4.78 is 0. The highest BCUT2D eigenvalue weighted by molar-refractivity contribution is 5.92. The Bertz CT molecular complexity index is 603. The van der Waals surface area contributed by atoms with Gasteiger partial charge in [-0.25, -0.2) is 0 Å². The molecular formula is C22H32O2. The van der Waals surface area contributed by atoms with Gasteiger partial charge < -0.3 is 5.11 Å². The zero-order valence-electron chi connectivity index (χ0n) is 15.4. The Kier molecular flexibility index (Phi) is 3.84. The van der Waals surface area contributed by atoms with E-state index in [0.29, 0.717) is 41.5 Å². The summed E-state index contributed by atoms with van der Waals surface area (Å²) in [6.07, 6.45) is 13.6. The van der Waals surface area contributed by atoms with Crippen molar-refractivity contribution in [3.63, 3.8) is 0 Å². The third kappa shape index (κ3) is 2.14. The van der Waals surface area contributed by atoms with Crippen LogP contribution in [0.4, 0.5) is 0 Å². The highest BCUT2D eigenvalue weighted by Crippen LogP contribution is 2.66. The van der Waals surface area contributed by atoms with Crippen LogP contribution in [-0.4, -0.2) is 17.5 Å². The number of fused-ring (bicyclic) bond motifs is 5. The molecule has 0 radical (unpaired) electrons. The fourth-order valence-electron chi connectivity index (χ4n) is 7.10. The van der Waals surface area contributed by atoms with Crippen LogP contribution in [0.1, 0.15) is 59.3 Å². The molecule has 0 heterocycles. The second-order valence-electron chi connectivity index (χ2n) is 9.52. The van der Waals surface area contributed by atoms with Gasteiger partial charge in [0.2, 0.25) is 0 Å². The highest BCUT2D eigenvalue weighted by atomic mass is 16.3. The Morgan fingerprint density at radius 2 is 2.00 bits per heavy atom. The van der Waals surface area contributed by atoms with Gasteiger partial charge in [0.1, 0.15) is 0 Å². The molecule has 4 rings (SSSR count). The Labute approximate surface area is 146 Å². The number of ketones is 1. The Morgan fingerprint density at radius 1 is 1.21 bits per heavy atom. The summed E-state index contributed by atoms with van der Waals surface area (Å²) in [5.74, 6) is 3.51. The molecule has 0 aromatic rings. The Hall–Kier alpha value is -0.890. The highest BCUT2D eigenvalue weighted by Gasteiger charge is 2.58. The van der Waals surface area contributed by atoms with Crippen molar-refractivity contribution in [2.75, 3.05) is 6.61 Å². The number of allylic oxidation sites excluding steroid dienone is 4. The lowest BCUT2D eigenvalue weighted by atomic mass is 9.48. The molecule has 4 aliphatic carbocycles. The molecule has 0 aromatic heterocycles. The van der Waals surface area contributed by atoms with E-state index in [0.717, 1.165) is 18.8 Å². The van der Waals surface area contributed by atoms with Crippen LogP contribution in [-0.2, 0) is 4.79 Å². The van der Waals surface area contributed by atoms with Crippen LogP contribution in [0.15, 0.2) is 23.8 Å². The van der Waals surface area contributed by atoms with Crippen molar-refractivity contribution in [2.45, 2.75) is 59.3 Å². The Balaban J connectivity index is 1.68. The van der Waals surface area contributed by atoms with Crippen LogP contribution in [0.5, 0.6) is 0 Å². The number of hydrogen-bond donors (Lipinski definition) is 1. The number of rotatable bonds is 2. The first kappa shape index (κ1) is 16.6. The topological polar surface area (TPSA) is 37.3 Å². The van der Waals surface area contributed by atoms with Crippen LogP contribution in [0.2, 0.25) is 0 Å². The second kappa shape index (κ2) is 5.56. The largest absolute Gasteiger partial charge is 0.396 e. The maximum Gasteiger partial charge on any atom is 0.156 e. The maximum atomic E-state index is 11.9. The summed E-state index contributed by atoms with van der Waals surface area (Å²) in [5.41, 5.74) is 1.88. The van der Waals surface area contributed by atoms with Crippen LogP contribution in [0, 0.1) is 40.4 Å². The lowest BCUT2D eigenvalue weighted by molar-refractivity contribution is -0.116. The van der Waals surface area contributed by atoms with E-state index >= 15 is 0 Å². The van der Waals surface area contributed by atoms with Gasteiger partial charge in [-0.2, -0.15) is 0 Å². The first-order valence-electron chi connectivity index (χ1n) is 9.94. The summed E-state index contributed by atoms with van der Waals surface area (Å²) in [4.78, 5) is 11.9. The van der Waals surface area contributed by atoms with Gasteiger partial charge in [-0.15, -0.1) is 0 Å². The average molecular weight is 328 g/mol. The van der Waals surface area contributed by atoms with E-state index in [1.807, 2.05) is 6.08 Å². The van der Waals surface area contributed by atoms with Crippen molar-refractivity contribution in [3.8, 4) is 0 Å². The quantitative estimate of drug-likeness (QED) is 0.808. The molecule has 0 bridgehead atoms. The maximum absolute atomic E-state index is 11.9. The molecule has 0 saturated heterocycles.